The Balaban J connectivity index is 2.13. The van der Waals surface area contributed by atoms with Crippen molar-refractivity contribution in [2.45, 2.75) is 32.4 Å². The number of ether oxygens (including phenoxy) is 1. The maximum absolute atomic E-state index is 11.4. The first kappa shape index (κ1) is 14.0. The second kappa shape index (κ2) is 5.72. The summed E-state index contributed by atoms with van der Waals surface area (Å²) in [5.41, 5.74) is 1.88. The number of benzene rings is 1. The van der Waals surface area contributed by atoms with E-state index in [2.05, 4.69) is 17.6 Å². The van der Waals surface area contributed by atoms with E-state index in [0.717, 1.165) is 36.4 Å². The van der Waals surface area contributed by atoms with Crippen molar-refractivity contribution < 1.29 is 9.53 Å². The molecule has 0 spiro atoms. The standard InChI is InChI=1S/C15H22N2O2/c1-11(18)12-4-5-14(19-3)13(8-12)9-17-15(2)6-7-16-10-15/h4-5,8,16-17H,6-7,9-10H2,1-3H3. The Bertz CT molecular complexity index is 465. The minimum absolute atomic E-state index is 0.0812. The minimum Gasteiger partial charge on any atom is -0.496 e. The predicted octanol–water partition coefficient (Wildman–Crippen LogP) is 1.74. The molecule has 1 aliphatic heterocycles. The van der Waals surface area contributed by atoms with Gasteiger partial charge in [0.1, 0.15) is 5.75 Å². The van der Waals surface area contributed by atoms with Crippen LogP contribution in [0.1, 0.15) is 36.2 Å². The van der Waals surface area contributed by atoms with Crippen molar-refractivity contribution in [2.75, 3.05) is 20.2 Å². The van der Waals surface area contributed by atoms with Crippen molar-refractivity contribution in [3.63, 3.8) is 0 Å². The zero-order chi connectivity index (χ0) is 13.9. The summed E-state index contributed by atoms with van der Waals surface area (Å²) in [7, 11) is 1.66. The Morgan fingerprint density at radius 2 is 2.32 bits per heavy atom. The van der Waals surface area contributed by atoms with Crippen LogP contribution in [0.15, 0.2) is 18.2 Å². The van der Waals surface area contributed by atoms with Gasteiger partial charge >= 0.3 is 0 Å². The third-order valence-electron chi connectivity index (χ3n) is 3.76. The highest BCUT2D eigenvalue weighted by atomic mass is 16.5. The molecule has 104 valence electrons. The van der Waals surface area contributed by atoms with Gasteiger partial charge in [-0.3, -0.25) is 4.79 Å². The van der Waals surface area contributed by atoms with Crippen LogP contribution in [0.25, 0.3) is 0 Å². The molecule has 0 aromatic heterocycles. The van der Waals surface area contributed by atoms with Crippen molar-refractivity contribution in [1.29, 1.82) is 0 Å². The summed E-state index contributed by atoms with van der Waals surface area (Å²) >= 11 is 0. The predicted molar refractivity (Wildman–Crippen MR) is 75.7 cm³/mol. The normalized spacial score (nSPS) is 22.5. The lowest BCUT2D eigenvalue weighted by molar-refractivity contribution is 0.101. The van der Waals surface area contributed by atoms with Crippen molar-refractivity contribution >= 4 is 5.78 Å². The number of methoxy groups -OCH3 is 1. The number of ketones is 1. The van der Waals surface area contributed by atoms with Crippen LogP contribution in [0, 0.1) is 0 Å². The molecule has 19 heavy (non-hydrogen) atoms. The first-order chi connectivity index (χ1) is 9.04. The lowest BCUT2D eigenvalue weighted by Gasteiger charge is -2.25. The molecule has 1 aromatic rings. The second-order valence-corrected chi connectivity index (χ2v) is 5.42. The van der Waals surface area contributed by atoms with Gasteiger partial charge in [-0.05, 0) is 45.0 Å². The van der Waals surface area contributed by atoms with Crippen LogP contribution in [0.4, 0.5) is 0 Å². The van der Waals surface area contributed by atoms with Gasteiger partial charge in [0.15, 0.2) is 5.78 Å². The topological polar surface area (TPSA) is 50.4 Å². The number of carbonyl (C=O) groups excluding carboxylic acids is 1. The zero-order valence-corrected chi connectivity index (χ0v) is 11.9. The van der Waals surface area contributed by atoms with Crippen LogP contribution < -0.4 is 15.4 Å². The Morgan fingerprint density at radius 1 is 1.53 bits per heavy atom. The molecule has 0 radical (unpaired) electrons. The molecule has 1 aromatic carbocycles. The largest absolute Gasteiger partial charge is 0.496 e. The molecule has 2 rings (SSSR count). The van der Waals surface area contributed by atoms with Gasteiger partial charge in [0.25, 0.3) is 0 Å². The summed E-state index contributed by atoms with van der Waals surface area (Å²) in [6.45, 7) is 6.54. The number of carbonyl (C=O) groups is 1. The maximum atomic E-state index is 11.4. The van der Waals surface area contributed by atoms with Gasteiger partial charge in [-0.15, -0.1) is 0 Å². The molecule has 4 heteroatoms. The van der Waals surface area contributed by atoms with Crippen molar-refractivity contribution in [3.8, 4) is 5.75 Å². The van der Waals surface area contributed by atoms with Crippen molar-refractivity contribution in [3.05, 3.63) is 29.3 Å². The smallest absolute Gasteiger partial charge is 0.159 e. The minimum atomic E-state index is 0.0812. The summed E-state index contributed by atoms with van der Waals surface area (Å²) in [5.74, 6) is 0.907. The molecule has 2 N–H and O–H groups in total. The van der Waals surface area contributed by atoms with Crippen LogP contribution in [-0.4, -0.2) is 31.5 Å². The fourth-order valence-electron chi connectivity index (χ4n) is 2.41. The van der Waals surface area contributed by atoms with Crippen LogP contribution in [0.5, 0.6) is 5.75 Å². The highest BCUT2D eigenvalue weighted by Gasteiger charge is 2.27. The zero-order valence-electron chi connectivity index (χ0n) is 11.9. The number of hydrogen-bond acceptors (Lipinski definition) is 4. The third-order valence-corrected chi connectivity index (χ3v) is 3.76. The van der Waals surface area contributed by atoms with Gasteiger partial charge in [0.05, 0.1) is 7.11 Å². The first-order valence-corrected chi connectivity index (χ1v) is 6.68. The summed E-state index contributed by atoms with van der Waals surface area (Å²) in [6, 6.07) is 5.59. The Kier molecular flexibility index (Phi) is 4.22. The molecule has 0 saturated carbocycles. The monoisotopic (exact) mass is 262 g/mol. The lowest BCUT2D eigenvalue weighted by atomic mass is 10.0. The molecular formula is C15H22N2O2. The molecule has 1 heterocycles. The highest BCUT2D eigenvalue weighted by Crippen LogP contribution is 2.22. The van der Waals surface area contributed by atoms with E-state index in [0.29, 0.717) is 6.54 Å². The van der Waals surface area contributed by atoms with E-state index in [1.807, 2.05) is 18.2 Å². The Morgan fingerprint density at radius 3 is 2.89 bits per heavy atom. The summed E-state index contributed by atoms with van der Waals surface area (Å²) in [5, 5.41) is 6.92. The van der Waals surface area contributed by atoms with Gasteiger partial charge in [-0.2, -0.15) is 0 Å². The van der Waals surface area contributed by atoms with Gasteiger partial charge in [0.2, 0.25) is 0 Å². The van der Waals surface area contributed by atoms with E-state index in [4.69, 9.17) is 4.74 Å². The fraction of sp³-hybridized carbons (Fsp3) is 0.533. The molecule has 0 bridgehead atoms. The van der Waals surface area contributed by atoms with E-state index in [1.54, 1.807) is 14.0 Å². The highest BCUT2D eigenvalue weighted by molar-refractivity contribution is 5.94. The number of hydrogen-bond donors (Lipinski definition) is 2. The van der Waals surface area contributed by atoms with Gasteiger partial charge in [0, 0.05) is 29.8 Å². The Labute approximate surface area is 114 Å². The molecule has 4 nitrogen and oxygen atoms in total. The number of rotatable bonds is 5. The van der Waals surface area contributed by atoms with Gasteiger partial charge in [-0.25, -0.2) is 0 Å². The summed E-state index contributed by atoms with van der Waals surface area (Å²) in [6.07, 6.45) is 1.11. The summed E-state index contributed by atoms with van der Waals surface area (Å²) in [4.78, 5) is 11.4. The number of nitrogens with one attached hydrogen (secondary N) is 2. The van der Waals surface area contributed by atoms with E-state index < -0.39 is 0 Å². The number of Topliss-reactive ketones (excluding diaryl/α,β-unsaturated/α-hetero) is 1. The Hall–Kier alpha value is -1.39. The van der Waals surface area contributed by atoms with Crippen molar-refractivity contribution in [1.82, 2.24) is 10.6 Å². The second-order valence-electron chi connectivity index (χ2n) is 5.42. The molecule has 1 fully saturated rings. The average Bonchev–Trinajstić information content (AvgIpc) is 2.83. The quantitative estimate of drug-likeness (QED) is 0.794. The van der Waals surface area contributed by atoms with E-state index in [1.165, 1.54) is 0 Å². The van der Waals surface area contributed by atoms with Crippen LogP contribution >= 0.6 is 0 Å². The maximum Gasteiger partial charge on any atom is 0.159 e. The molecule has 1 unspecified atom stereocenters. The SMILES string of the molecule is COc1ccc(C(C)=O)cc1CNC1(C)CCNC1. The molecule has 1 aliphatic rings. The third kappa shape index (κ3) is 3.33. The van der Waals surface area contributed by atoms with Crippen LogP contribution in [-0.2, 0) is 6.54 Å². The van der Waals surface area contributed by atoms with Crippen LogP contribution in [0.3, 0.4) is 0 Å². The van der Waals surface area contributed by atoms with Gasteiger partial charge < -0.3 is 15.4 Å². The van der Waals surface area contributed by atoms with E-state index >= 15 is 0 Å². The van der Waals surface area contributed by atoms with Crippen LogP contribution in [0.2, 0.25) is 0 Å². The van der Waals surface area contributed by atoms with Gasteiger partial charge in [-0.1, -0.05) is 0 Å². The molecule has 0 aliphatic carbocycles. The van der Waals surface area contributed by atoms with E-state index in [-0.39, 0.29) is 11.3 Å². The molecular weight excluding hydrogens is 240 g/mol. The van der Waals surface area contributed by atoms with E-state index in [9.17, 15) is 4.79 Å². The van der Waals surface area contributed by atoms with Crippen molar-refractivity contribution in [2.24, 2.45) is 0 Å². The molecule has 1 saturated heterocycles. The summed E-state index contributed by atoms with van der Waals surface area (Å²) < 4.78 is 5.36. The average molecular weight is 262 g/mol. The molecule has 0 amide bonds. The fourth-order valence-corrected chi connectivity index (χ4v) is 2.41. The molecule has 1 atom stereocenters. The lowest BCUT2D eigenvalue weighted by Crippen LogP contribution is -2.43. The first-order valence-electron chi connectivity index (χ1n) is 6.68.